The van der Waals surface area contributed by atoms with Crippen molar-refractivity contribution in [2.24, 2.45) is 5.73 Å². The minimum absolute atomic E-state index is 0.198. The van der Waals surface area contributed by atoms with Crippen LogP contribution in [-0.2, 0) is 0 Å². The zero-order chi connectivity index (χ0) is 10.7. The number of thiophene rings is 1. The van der Waals surface area contributed by atoms with Gasteiger partial charge in [-0.3, -0.25) is 4.79 Å². The highest BCUT2D eigenvalue weighted by Gasteiger charge is 2.04. The van der Waals surface area contributed by atoms with Crippen LogP contribution in [-0.4, -0.2) is 10.9 Å². The molecule has 1 amide bonds. The van der Waals surface area contributed by atoms with Crippen LogP contribution in [0.5, 0.6) is 10.9 Å². The third kappa shape index (κ3) is 2.32. The van der Waals surface area contributed by atoms with Crippen LogP contribution < -0.4 is 10.5 Å². The molecule has 0 atom stereocenters. The Labute approximate surface area is 90.3 Å². The number of carbonyl (C=O) groups is 1. The molecule has 0 aromatic carbocycles. The summed E-state index contributed by atoms with van der Waals surface area (Å²) in [6, 6.07) is 8.59. The molecule has 76 valence electrons. The number of hydrogen-bond acceptors (Lipinski definition) is 4. The molecule has 0 fully saturated rings. The first-order valence-corrected chi connectivity index (χ1v) is 5.12. The molecule has 2 heterocycles. The largest absolute Gasteiger partial charge is 0.428 e. The predicted octanol–water partition coefficient (Wildman–Crippen LogP) is 2.03. The monoisotopic (exact) mass is 220 g/mol. The van der Waals surface area contributed by atoms with Gasteiger partial charge in [-0.1, -0.05) is 6.07 Å². The lowest BCUT2D eigenvalue weighted by Gasteiger charge is -2.01. The van der Waals surface area contributed by atoms with Crippen molar-refractivity contribution < 1.29 is 9.53 Å². The van der Waals surface area contributed by atoms with Crippen LogP contribution in [0.25, 0.3) is 0 Å². The molecule has 0 aliphatic heterocycles. The summed E-state index contributed by atoms with van der Waals surface area (Å²) >= 11 is 1.45. The molecule has 2 aromatic rings. The Morgan fingerprint density at radius 2 is 2.20 bits per heavy atom. The van der Waals surface area contributed by atoms with Crippen LogP contribution in [0.1, 0.15) is 10.5 Å². The maximum Gasteiger partial charge on any atom is 0.267 e. The zero-order valence-corrected chi connectivity index (χ0v) is 8.53. The van der Waals surface area contributed by atoms with Gasteiger partial charge in [0, 0.05) is 6.07 Å². The molecule has 2 rings (SSSR count). The van der Waals surface area contributed by atoms with Crippen LogP contribution in [0.2, 0.25) is 0 Å². The Morgan fingerprint density at radius 1 is 1.33 bits per heavy atom. The molecule has 0 saturated heterocycles. The van der Waals surface area contributed by atoms with Gasteiger partial charge in [-0.15, -0.1) is 11.3 Å². The summed E-state index contributed by atoms with van der Waals surface area (Å²) < 4.78 is 5.41. The van der Waals surface area contributed by atoms with Gasteiger partial charge in [0.1, 0.15) is 5.69 Å². The quantitative estimate of drug-likeness (QED) is 0.860. The number of nitrogens with zero attached hydrogens (tertiary/aromatic N) is 1. The summed E-state index contributed by atoms with van der Waals surface area (Å²) in [5.74, 6) is -0.194. The summed E-state index contributed by atoms with van der Waals surface area (Å²) in [5.41, 5.74) is 5.30. The van der Waals surface area contributed by atoms with Gasteiger partial charge in [0.15, 0.2) is 5.06 Å². The molecule has 15 heavy (non-hydrogen) atoms. The first-order valence-electron chi connectivity index (χ1n) is 4.24. The third-order valence-corrected chi connectivity index (χ3v) is 2.42. The fourth-order valence-corrected chi connectivity index (χ4v) is 1.62. The topological polar surface area (TPSA) is 65.2 Å². The molecule has 0 bridgehead atoms. The molecule has 0 aliphatic rings. The molecule has 5 heteroatoms. The average molecular weight is 220 g/mol. The highest BCUT2D eigenvalue weighted by molar-refractivity contribution is 7.11. The lowest BCUT2D eigenvalue weighted by molar-refractivity contribution is 0.0995. The summed E-state index contributed by atoms with van der Waals surface area (Å²) in [4.78, 5) is 14.8. The van der Waals surface area contributed by atoms with Crippen molar-refractivity contribution in [1.29, 1.82) is 0 Å². The van der Waals surface area contributed by atoms with Crippen LogP contribution in [0, 0.1) is 0 Å². The number of aromatic nitrogens is 1. The molecule has 2 N–H and O–H groups in total. The average Bonchev–Trinajstić information content (AvgIpc) is 2.71. The van der Waals surface area contributed by atoms with Crippen molar-refractivity contribution in [1.82, 2.24) is 4.98 Å². The molecular formula is C10H8N2O2S. The Hall–Kier alpha value is -1.88. The smallest absolute Gasteiger partial charge is 0.267 e. The number of nitrogens with two attached hydrogens (primary N) is 1. The molecule has 0 radical (unpaired) electrons. The van der Waals surface area contributed by atoms with E-state index in [-0.39, 0.29) is 5.69 Å². The van der Waals surface area contributed by atoms with Gasteiger partial charge < -0.3 is 10.5 Å². The van der Waals surface area contributed by atoms with E-state index in [1.165, 1.54) is 11.3 Å². The Kier molecular flexibility index (Phi) is 2.64. The third-order valence-electron chi connectivity index (χ3n) is 1.68. The van der Waals surface area contributed by atoms with Crippen molar-refractivity contribution in [3.8, 4) is 10.9 Å². The number of primary amides is 1. The number of pyridine rings is 1. The summed E-state index contributed by atoms with van der Waals surface area (Å²) in [7, 11) is 0. The highest BCUT2D eigenvalue weighted by Crippen LogP contribution is 2.24. The van der Waals surface area contributed by atoms with E-state index in [0.717, 1.165) is 5.06 Å². The van der Waals surface area contributed by atoms with E-state index in [2.05, 4.69) is 4.98 Å². The Morgan fingerprint density at radius 3 is 2.87 bits per heavy atom. The van der Waals surface area contributed by atoms with Crippen molar-refractivity contribution in [3.63, 3.8) is 0 Å². The first-order chi connectivity index (χ1) is 7.25. The van der Waals surface area contributed by atoms with E-state index in [1.807, 2.05) is 17.5 Å². The molecule has 0 saturated carbocycles. The lowest BCUT2D eigenvalue weighted by Crippen LogP contribution is -2.12. The minimum atomic E-state index is -0.563. The van der Waals surface area contributed by atoms with Crippen LogP contribution >= 0.6 is 11.3 Å². The Bertz CT molecular complexity index is 468. The molecule has 0 spiro atoms. The van der Waals surface area contributed by atoms with E-state index in [9.17, 15) is 4.79 Å². The molecule has 0 unspecified atom stereocenters. The maximum atomic E-state index is 10.9. The van der Waals surface area contributed by atoms with Gasteiger partial charge in [-0.05, 0) is 23.6 Å². The van der Waals surface area contributed by atoms with Crippen molar-refractivity contribution >= 4 is 17.2 Å². The van der Waals surface area contributed by atoms with Crippen LogP contribution in [0.15, 0.2) is 35.7 Å². The minimum Gasteiger partial charge on any atom is -0.428 e. The number of ether oxygens (including phenoxy) is 1. The summed E-state index contributed by atoms with van der Waals surface area (Å²) in [5, 5.41) is 2.62. The number of hydrogen-bond donors (Lipinski definition) is 1. The van der Waals surface area contributed by atoms with Crippen LogP contribution in [0.4, 0.5) is 0 Å². The molecule has 0 aliphatic carbocycles. The zero-order valence-electron chi connectivity index (χ0n) is 7.71. The number of carbonyl (C=O) groups excluding carboxylic acids is 1. The van der Waals surface area contributed by atoms with Gasteiger partial charge >= 0.3 is 0 Å². The highest BCUT2D eigenvalue weighted by atomic mass is 32.1. The van der Waals surface area contributed by atoms with E-state index in [0.29, 0.717) is 5.88 Å². The maximum absolute atomic E-state index is 10.9. The molecule has 4 nitrogen and oxygen atoms in total. The second-order valence-electron chi connectivity index (χ2n) is 2.76. The fourth-order valence-electron chi connectivity index (χ4n) is 1.03. The van der Waals surface area contributed by atoms with Crippen molar-refractivity contribution in [2.45, 2.75) is 0 Å². The first kappa shape index (κ1) is 9.67. The second kappa shape index (κ2) is 4.10. The number of amides is 1. The van der Waals surface area contributed by atoms with Gasteiger partial charge in [0.25, 0.3) is 5.91 Å². The van der Waals surface area contributed by atoms with Crippen molar-refractivity contribution in [2.75, 3.05) is 0 Å². The van der Waals surface area contributed by atoms with Crippen molar-refractivity contribution in [3.05, 3.63) is 41.4 Å². The van der Waals surface area contributed by atoms with Crippen LogP contribution in [0.3, 0.4) is 0 Å². The lowest BCUT2D eigenvalue weighted by atomic mass is 10.3. The standard InChI is InChI=1S/C10H8N2O2S/c11-10(13)7-3-1-4-8(12-7)14-9-5-2-6-15-9/h1-6H,(H2,11,13). The van der Waals surface area contributed by atoms with Gasteiger partial charge in [0.2, 0.25) is 5.88 Å². The normalized spacial score (nSPS) is 9.87. The van der Waals surface area contributed by atoms with E-state index < -0.39 is 5.91 Å². The van der Waals surface area contributed by atoms with E-state index in [4.69, 9.17) is 10.5 Å². The Balaban J connectivity index is 2.22. The van der Waals surface area contributed by atoms with E-state index >= 15 is 0 Å². The number of rotatable bonds is 3. The SMILES string of the molecule is NC(=O)c1cccc(Oc2cccs2)n1. The van der Waals surface area contributed by atoms with Gasteiger partial charge in [-0.2, -0.15) is 0 Å². The van der Waals surface area contributed by atoms with Gasteiger partial charge in [0.05, 0.1) is 0 Å². The van der Waals surface area contributed by atoms with Gasteiger partial charge in [-0.25, -0.2) is 4.98 Å². The summed E-state index contributed by atoms with van der Waals surface area (Å²) in [6.07, 6.45) is 0. The molecular weight excluding hydrogens is 212 g/mol. The van der Waals surface area contributed by atoms with E-state index in [1.54, 1.807) is 18.2 Å². The predicted molar refractivity (Wildman–Crippen MR) is 57.1 cm³/mol. The fraction of sp³-hybridized carbons (Fsp3) is 0. The summed E-state index contributed by atoms with van der Waals surface area (Å²) in [6.45, 7) is 0. The second-order valence-corrected chi connectivity index (χ2v) is 3.67. The molecule has 2 aromatic heterocycles.